The first-order valence-corrected chi connectivity index (χ1v) is 9.52. The molecule has 154 valence electrons. The Bertz CT molecular complexity index is 615. The van der Waals surface area contributed by atoms with Gasteiger partial charge in [-0.2, -0.15) is 0 Å². The van der Waals surface area contributed by atoms with Gasteiger partial charge in [-0.3, -0.25) is 4.99 Å². The Morgan fingerprint density at radius 2 is 2.04 bits per heavy atom. The predicted octanol–water partition coefficient (Wildman–Crippen LogP) is 3.27. The van der Waals surface area contributed by atoms with Gasteiger partial charge in [0, 0.05) is 44.8 Å². The molecule has 1 unspecified atom stereocenters. The smallest absolute Gasteiger partial charge is 0.191 e. The van der Waals surface area contributed by atoms with Crippen LogP contribution in [0, 0.1) is 12.7 Å². The summed E-state index contributed by atoms with van der Waals surface area (Å²) in [5, 5.41) is 10.3. The number of piperidine rings is 1. The van der Waals surface area contributed by atoms with Gasteiger partial charge in [-0.15, -0.1) is 24.0 Å². The standard InChI is InChI=1S/C20H34FN5.HI/c1-15-8-9-17(21)18(13-15)26-12-6-7-16(14-26)25-19(22-5)23-10-11-24-20(2,3)4;/h8-9,13,16,24H,6-7,10-12,14H2,1-5H3,(H2,22,23,25);1H. The zero-order valence-electron chi connectivity index (χ0n) is 17.2. The van der Waals surface area contributed by atoms with Crippen LogP contribution in [0.25, 0.3) is 0 Å². The van der Waals surface area contributed by atoms with Crippen molar-refractivity contribution in [1.82, 2.24) is 16.0 Å². The second-order valence-corrected chi connectivity index (χ2v) is 8.06. The molecule has 1 aromatic rings. The fourth-order valence-corrected chi connectivity index (χ4v) is 3.19. The van der Waals surface area contributed by atoms with Crippen molar-refractivity contribution in [2.24, 2.45) is 4.99 Å². The minimum atomic E-state index is -0.146. The van der Waals surface area contributed by atoms with E-state index in [1.165, 1.54) is 0 Å². The van der Waals surface area contributed by atoms with Gasteiger partial charge in [0.25, 0.3) is 0 Å². The maximum atomic E-state index is 14.2. The molecule has 27 heavy (non-hydrogen) atoms. The van der Waals surface area contributed by atoms with E-state index in [9.17, 15) is 4.39 Å². The first-order chi connectivity index (χ1) is 12.3. The van der Waals surface area contributed by atoms with Crippen molar-refractivity contribution in [3.05, 3.63) is 29.6 Å². The number of aryl methyl sites for hydroxylation is 1. The molecular weight excluding hydrogens is 456 g/mol. The Labute approximate surface area is 180 Å². The minimum Gasteiger partial charge on any atom is -0.367 e. The van der Waals surface area contributed by atoms with Crippen molar-refractivity contribution in [2.75, 3.05) is 38.1 Å². The Hall–Kier alpha value is -1.09. The van der Waals surface area contributed by atoms with E-state index in [4.69, 9.17) is 0 Å². The van der Waals surface area contributed by atoms with Gasteiger partial charge < -0.3 is 20.9 Å². The van der Waals surface area contributed by atoms with E-state index in [1.807, 2.05) is 19.1 Å². The maximum Gasteiger partial charge on any atom is 0.191 e. The molecule has 3 N–H and O–H groups in total. The fourth-order valence-electron chi connectivity index (χ4n) is 3.19. The molecule has 1 aliphatic rings. The summed E-state index contributed by atoms with van der Waals surface area (Å²) >= 11 is 0. The molecule has 0 amide bonds. The molecule has 0 aromatic heterocycles. The molecule has 0 spiro atoms. The Balaban J connectivity index is 0.00000364. The Morgan fingerprint density at radius 3 is 2.70 bits per heavy atom. The van der Waals surface area contributed by atoms with Crippen LogP contribution in [0.5, 0.6) is 0 Å². The second-order valence-electron chi connectivity index (χ2n) is 8.06. The summed E-state index contributed by atoms with van der Waals surface area (Å²) in [5.41, 5.74) is 1.90. The van der Waals surface area contributed by atoms with Crippen molar-refractivity contribution < 1.29 is 4.39 Å². The molecule has 1 aliphatic heterocycles. The number of hydrogen-bond acceptors (Lipinski definition) is 3. The minimum absolute atomic E-state index is 0. The zero-order valence-corrected chi connectivity index (χ0v) is 19.6. The van der Waals surface area contributed by atoms with Gasteiger partial charge in [0.05, 0.1) is 5.69 Å². The lowest BCUT2D eigenvalue weighted by Crippen LogP contribution is -2.52. The highest BCUT2D eigenvalue weighted by Gasteiger charge is 2.23. The van der Waals surface area contributed by atoms with E-state index in [2.05, 4.69) is 46.6 Å². The van der Waals surface area contributed by atoms with Crippen LogP contribution in [0.2, 0.25) is 0 Å². The zero-order chi connectivity index (χ0) is 19.2. The predicted molar refractivity (Wildman–Crippen MR) is 124 cm³/mol. The van der Waals surface area contributed by atoms with Crippen LogP contribution in [0.15, 0.2) is 23.2 Å². The Morgan fingerprint density at radius 1 is 1.30 bits per heavy atom. The molecule has 1 heterocycles. The number of aliphatic imine (C=N–C) groups is 1. The normalized spacial score (nSPS) is 18.1. The fraction of sp³-hybridized carbons (Fsp3) is 0.650. The summed E-state index contributed by atoms with van der Waals surface area (Å²) < 4.78 is 14.2. The molecule has 1 fully saturated rings. The first-order valence-electron chi connectivity index (χ1n) is 9.52. The Kier molecular flexibility index (Phi) is 9.80. The molecule has 1 aromatic carbocycles. The average molecular weight is 491 g/mol. The molecule has 5 nitrogen and oxygen atoms in total. The molecule has 0 radical (unpaired) electrons. The van der Waals surface area contributed by atoms with Crippen molar-refractivity contribution in [3.8, 4) is 0 Å². The third-order valence-corrected chi connectivity index (χ3v) is 4.50. The van der Waals surface area contributed by atoms with Crippen molar-refractivity contribution >= 4 is 35.6 Å². The van der Waals surface area contributed by atoms with Gasteiger partial charge in [-0.1, -0.05) is 6.07 Å². The number of guanidine groups is 1. The lowest BCUT2D eigenvalue weighted by Gasteiger charge is -2.35. The monoisotopic (exact) mass is 491 g/mol. The molecule has 0 saturated carbocycles. The SMILES string of the molecule is CN=C(NCCNC(C)(C)C)NC1CCCN(c2cc(C)ccc2F)C1.I. The lowest BCUT2D eigenvalue weighted by atomic mass is 10.0. The summed E-state index contributed by atoms with van der Waals surface area (Å²) in [6, 6.07) is 5.56. The third kappa shape index (κ3) is 8.21. The van der Waals surface area contributed by atoms with Crippen molar-refractivity contribution in [3.63, 3.8) is 0 Å². The molecule has 7 heteroatoms. The summed E-state index contributed by atoms with van der Waals surface area (Å²) in [5.74, 6) is 0.657. The van der Waals surface area contributed by atoms with Gasteiger partial charge in [0.15, 0.2) is 5.96 Å². The molecule has 1 saturated heterocycles. The number of rotatable bonds is 5. The highest BCUT2D eigenvalue weighted by Crippen LogP contribution is 2.24. The first kappa shape index (κ1) is 23.9. The number of hydrogen-bond donors (Lipinski definition) is 3. The third-order valence-electron chi connectivity index (χ3n) is 4.50. The van der Waals surface area contributed by atoms with Crippen LogP contribution in [0.3, 0.4) is 0 Å². The molecular formula is C20H35FIN5. The lowest BCUT2D eigenvalue weighted by molar-refractivity contribution is 0.426. The maximum absolute atomic E-state index is 14.2. The summed E-state index contributed by atoms with van der Waals surface area (Å²) in [6.45, 7) is 11.8. The summed E-state index contributed by atoms with van der Waals surface area (Å²) in [4.78, 5) is 6.46. The van der Waals surface area contributed by atoms with Crippen molar-refractivity contribution in [2.45, 2.75) is 52.1 Å². The number of halogens is 2. The topological polar surface area (TPSA) is 51.7 Å². The number of nitrogens with zero attached hydrogens (tertiary/aromatic N) is 2. The van der Waals surface area contributed by atoms with Crippen LogP contribution in [0.4, 0.5) is 10.1 Å². The van der Waals surface area contributed by atoms with Crippen LogP contribution in [-0.2, 0) is 0 Å². The van der Waals surface area contributed by atoms with Crippen molar-refractivity contribution in [1.29, 1.82) is 0 Å². The summed E-state index contributed by atoms with van der Waals surface area (Å²) in [7, 11) is 1.79. The number of benzene rings is 1. The van der Waals surface area contributed by atoms with E-state index >= 15 is 0 Å². The molecule has 0 bridgehead atoms. The van der Waals surface area contributed by atoms with E-state index < -0.39 is 0 Å². The second kappa shape index (κ2) is 11.0. The van der Waals surface area contributed by atoms with Gasteiger partial charge in [0.2, 0.25) is 0 Å². The quantitative estimate of drug-likeness (QED) is 0.256. The largest absolute Gasteiger partial charge is 0.367 e. The van der Waals surface area contributed by atoms with E-state index in [0.717, 1.165) is 50.5 Å². The van der Waals surface area contributed by atoms with E-state index in [0.29, 0.717) is 5.69 Å². The molecule has 1 atom stereocenters. The van der Waals surface area contributed by atoms with Crippen LogP contribution in [0.1, 0.15) is 39.2 Å². The highest BCUT2D eigenvalue weighted by molar-refractivity contribution is 14.0. The van der Waals surface area contributed by atoms with E-state index in [-0.39, 0.29) is 41.4 Å². The number of anilines is 1. The van der Waals surface area contributed by atoms with E-state index in [1.54, 1.807) is 13.1 Å². The van der Waals surface area contributed by atoms with Gasteiger partial charge >= 0.3 is 0 Å². The number of nitrogens with one attached hydrogen (secondary N) is 3. The molecule has 2 rings (SSSR count). The van der Waals surface area contributed by atoms with Crippen LogP contribution >= 0.6 is 24.0 Å². The molecule has 0 aliphatic carbocycles. The van der Waals surface area contributed by atoms with Gasteiger partial charge in [0.1, 0.15) is 5.82 Å². The average Bonchev–Trinajstić information content (AvgIpc) is 2.59. The van der Waals surface area contributed by atoms with Crippen LogP contribution in [-0.4, -0.2) is 50.8 Å². The summed E-state index contributed by atoms with van der Waals surface area (Å²) in [6.07, 6.45) is 2.10. The van der Waals surface area contributed by atoms with Crippen LogP contribution < -0.4 is 20.9 Å². The van der Waals surface area contributed by atoms with Gasteiger partial charge in [-0.05, 0) is 58.2 Å². The highest BCUT2D eigenvalue weighted by atomic mass is 127. The van der Waals surface area contributed by atoms with Gasteiger partial charge in [-0.25, -0.2) is 4.39 Å².